The fourth-order valence-electron chi connectivity index (χ4n) is 1.79. The van der Waals surface area contributed by atoms with E-state index in [1.807, 2.05) is 0 Å². The summed E-state index contributed by atoms with van der Waals surface area (Å²) >= 11 is 5.87. The smallest absolute Gasteiger partial charge is 0.341 e. The SMILES string of the molecule is CCNc1cc2c(cc1F)c(=O)c(C(=O)O)cn2Cl. The third-order valence-electron chi connectivity index (χ3n) is 2.64. The van der Waals surface area contributed by atoms with Gasteiger partial charge < -0.3 is 10.4 Å². The van der Waals surface area contributed by atoms with Gasteiger partial charge in [0, 0.05) is 24.5 Å². The lowest BCUT2D eigenvalue weighted by Crippen LogP contribution is -2.17. The van der Waals surface area contributed by atoms with E-state index in [1.165, 1.54) is 6.07 Å². The van der Waals surface area contributed by atoms with Crippen LogP contribution in [-0.2, 0) is 0 Å². The number of aromatic carboxylic acids is 1. The fourth-order valence-corrected chi connectivity index (χ4v) is 2.02. The highest BCUT2D eigenvalue weighted by Crippen LogP contribution is 2.22. The van der Waals surface area contributed by atoms with E-state index < -0.39 is 22.8 Å². The van der Waals surface area contributed by atoms with Crippen LogP contribution in [0.2, 0.25) is 0 Å². The van der Waals surface area contributed by atoms with Crippen molar-refractivity contribution >= 4 is 34.3 Å². The van der Waals surface area contributed by atoms with Gasteiger partial charge in [-0.15, -0.1) is 0 Å². The molecule has 0 saturated heterocycles. The zero-order chi connectivity index (χ0) is 14.2. The first-order valence-corrected chi connectivity index (χ1v) is 5.81. The lowest BCUT2D eigenvalue weighted by molar-refractivity contribution is 0.0695. The van der Waals surface area contributed by atoms with E-state index in [9.17, 15) is 14.0 Å². The molecule has 0 atom stereocenters. The number of hydrogen-bond donors (Lipinski definition) is 2. The number of carboxylic acid groups (broad SMARTS) is 1. The topological polar surface area (TPSA) is 71.3 Å². The van der Waals surface area contributed by atoms with Gasteiger partial charge in [-0.05, 0) is 19.1 Å². The number of nitrogens with one attached hydrogen (secondary N) is 1. The lowest BCUT2D eigenvalue weighted by atomic mass is 10.1. The van der Waals surface area contributed by atoms with Gasteiger partial charge in [-0.1, -0.05) is 0 Å². The monoisotopic (exact) mass is 284 g/mol. The summed E-state index contributed by atoms with van der Waals surface area (Å²) in [6.45, 7) is 2.30. The maximum Gasteiger partial charge on any atom is 0.341 e. The van der Waals surface area contributed by atoms with Crippen LogP contribution in [0.1, 0.15) is 17.3 Å². The van der Waals surface area contributed by atoms with E-state index in [1.54, 1.807) is 6.92 Å². The van der Waals surface area contributed by atoms with E-state index in [0.29, 0.717) is 6.54 Å². The van der Waals surface area contributed by atoms with Crippen molar-refractivity contribution in [2.75, 3.05) is 11.9 Å². The van der Waals surface area contributed by atoms with Crippen LogP contribution in [0.3, 0.4) is 0 Å². The summed E-state index contributed by atoms with van der Waals surface area (Å²) in [5.41, 5.74) is -0.819. The summed E-state index contributed by atoms with van der Waals surface area (Å²) < 4.78 is 14.7. The molecule has 1 aromatic heterocycles. The predicted molar refractivity (Wildman–Crippen MR) is 70.5 cm³/mol. The molecule has 1 aromatic carbocycles. The number of anilines is 1. The number of rotatable bonds is 3. The van der Waals surface area contributed by atoms with E-state index in [2.05, 4.69) is 5.32 Å². The van der Waals surface area contributed by atoms with Gasteiger partial charge in [0.2, 0.25) is 5.43 Å². The molecule has 2 aromatic rings. The average Bonchev–Trinajstić information content (AvgIpc) is 2.35. The van der Waals surface area contributed by atoms with E-state index >= 15 is 0 Å². The van der Waals surface area contributed by atoms with Gasteiger partial charge in [-0.3, -0.25) is 8.88 Å². The highest BCUT2D eigenvalue weighted by molar-refractivity contribution is 6.19. The lowest BCUT2D eigenvalue weighted by Gasteiger charge is -2.09. The Kier molecular flexibility index (Phi) is 3.44. The normalized spacial score (nSPS) is 10.7. The first-order chi connectivity index (χ1) is 8.95. The Bertz CT molecular complexity index is 727. The molecule has 2 rings (SSSR count). The summed E-state index contributed by atoms with van der Waals surface area (Å²) in [5.74, 6) is -2.04. The highest BCUT2D eigenvalue weighted by Gasteiger charge is 2.16. The molecule has 0 fully saturated rings. The minimum atomic E-state index is -1.41. The summed E-state index contributed by atoms with van der Waals surface area (Å²) in [6.07, 6.45) is 1.00. The summed E-state index contributed by atoms with van der Waals surface area (Å²) in [4.78, 5) is 22.8. The molecule has 0 radical (unpaired) electrons. The number of carbonyl (C=O) groups is 1. The number of nitrogens with zero attached hydrogens (tertiary/aromatic N) is 1. The van der Waals surface area contributed by atoms with Crippen LogP contribution >= 0.6 is 11.8 Å². The number of carboxylic acids is 1. The number of aromatic nitrogens is 1. The molecular formula is C12H10ClFN2O3. The second kappa shape index (κ2) is 4.89. The molecule has 0 aliphatic heterocycles. The van der Waals surface area contributed by atoms with Crippen molar-refractivity contribution in [2.24, 2.45) is 0 Å². The molecule has 0 spiro atoms. The van der Waals surface area contributed by atoms with Crippen molar-refractivity contribution in [1.82, 2.24) is 4.09 Å². The van der Waals surface area contributed by atoms with Gasteiger partial charge in [0.15, 0.2) is 0 Å². The Morgan fingerprint density at radius 3 is 2.79 bits per heavy atom. The molecule has 7 heteroatoms. The molecule has 0 bridgehead atoms. The van der Waals surface area contributed by atoms with Crippen LogP contribution in [0.4, 0.5) is 10.1 Å². The molecule has 0 unspecified atom stereocenters. The molecule has 0 aliphatic rings. The summed E-state index contributed by atoms with van der Waals surface area (Å²) in [5, 5.41) is 11.6. The van der Waals surface area contributed by atoms with Crippen LogP contribution in [-0.4, -0.2) is 21.7 Å². The number of hydrogen-bond acceptors (Lipinski definition) is 3. The zero-order valence-electron chi connectivity index (χ0n) is 9.91. The quantitative estimate of drug-likeness (QED) is 0.907. The van der Waals surface area contributed by atoms with Crippen molar-refractivity contribution in [3.63, 3.8) is 0 Å². The third-order valence-corrected chi connectivity index (χ3v) is 2.92. The Labute approximate surface area is 112 Å². The number of pyridine rings is 1. The Hall–Kier alpha value is -2.08. The van der Waals surface area contributed by atoms with Crippen molar-refractivity contribution in [3.8, 4) is 0 Å². The van der Waals surface area contributed by atoms with Crippen LogP contribution in [0.25, 0.3) is 10.9 Å². The Morgan fingerprint density at radius 2 is 2.21 bits per heavy atom. The molecule has 2 N–H and O–H groups in total. The van der Waals surface area contributed by atoms with Gasteiger partial charge in [0.1, 0.15) is 11.4 Å². The maximum atomic E-state index is 13.7. The average molecular weight is 285 g/mol. The molecule has 0 saturated carbocycles. The maximum absolute atomic E-state index is 13.7. The van der Waals surface area contributed by atoms with Crippen molar-refractivity contribution in [3.05, 3.63) is 39.9 Å². The first-order valence-electron chi connectivity index (χ1n) is 5.48. The molecule has 0 aliphatic carbocycles. The minimum Gasteiger partial charge on any atom is -0.477 e. The molecule has 1 heterocycles. The fraction of sp³-hybridized carbons (Fsp3) is 0.167. The minimum absolute atomic E-state index is 0.0750. The largest absolute Gasteiger partial charge is 0.477 e. The molecule has 100 valence electrons. The second-order valence-electron chi connectivity index (χ2n) is 3.87. The van der Waals surface area contributed by atoms with Gasteiger partial charge >= 0.3 is 5.97 Å². The van der Waals surface area contributed by atoms with Crippen molar-refractivity contribution in [2.45, 2.75) is 6.92 Å². The van der Waals surface area contributed by atoms with Crippen molar-refractivity contribution < 1.29 is 14.3 Å². The van der Waals surface area contributed by atoms with Crippen LogP contribution < -0.4 is 10.7 Å². The molecule has 5 nitrogen and oxygen atoms in total. The number of halogens is 2. The van der Waals surface area contributed by atoms with Gasteiger partial charge in [0.05, 0.1) is 16.6 Å². The molecule has 0 amide bonds. The predicted octanol–water partition coefficient (Wildman–Crippen LogP) is 2.27. The number of fused-ring (bicyclic) bond motifs is 1. The van der Waals surface area contributed by atoms with Crippen molar-refractivity contribution in [1.29, 1.82) is 0 Å². The Morgan fingerprint density at radius 1 is 1.53 bits per heavy atom. The van der Waals surface area contributed by atoms with Gasteiger partial charge in [0.25, 0.3) is 0 Å². The summed E-state index contributed by atoms with van der Waals surface area (Å²) in [6, 6.07) is 2.36. The molecule has 19 heavy (non-hydrogen) atoms. The van der Waals surface area contributed by atoms with Crippen LogP contribution in [0.15, 0.2) is 23.1 Å². The number of benzene rings is 1. The highest BCUT2D eigenvalue weighted by atomic mass is 35.5. The van der Waals surface area contributed by atoms with Gasteiger partial charge in [-0.25, -0.2) is 9.18 Å². The first kappa shape index (κ1) is 13.4. The van der Waals surface area contributed by atoms with Crippen LogP contribution in [0.5, 0.6) is 0 Å². The third kappa shape index (κ3) is 2.26. The second-order valence-corrected chi connectivity index (χ2v) is 4.23. The van der Waals surface area contributed by atoms with Gasteiger partial charge in [-0.2, -0.15) is 0 Å². The van der Waals surface area contributed by atoms with Crippen LogP contribution in [0, 0.1) is 5.82 Å². The van der Waals surface area contributed by atoms with E-state index in [0.717, 1.165) is 16.3 Å². The Balaban J connectivity index is 2.84. The molecular weight excluding hydrogens is 275 g/mol. The van der Waals surface area contributed by atoms with E-state index in [-0.39, 0.29) is 16.6 Å². The summed E-state index contributed by atoms with van der Waals surface area (Å²) in [7, 11) is 0. The van der Waals surface area contributed by atoms with E-state index in [4.69, 9.17) is 16.9 Å². The zero-order valence-corrected chi connectivity index (χ0v) is 10.7. The standard InChI is InChI=1S/C12H10ClFN2O3/c1-2-15-9-4-10-6(3-8(9)14)11(17)7(12(18)19)5-16(10)13/h3-5,15H,2H2,1H3,(H,18,19).